The molecule has 0 saturated carbocycles. The average Bonchev–Trinajstić information content (AvgIpc) is 2.86. The molecule has 0 aliphatic carbocycles. The molecule has 0 amide bonds. The Morgan fingerprint density at radius 1 is 1.09 bits per heavy atom. The van der Waals surface area contributed by atoms with Crippen LogP contribution in [0.25, 0.3) is 0 Å². The molecule has 3 rings (SSSR count). The number of rotatable bonds is 2. The van der Waals surface area contributed by atoms with Gasteiger partial charge < -0.3 is 4.57 Å². The maximum absolute atomic E-state index is 5.86. The Kier molecular flexibility index (Phi) is 4.40. The van der Waals surface area contributed by atoms with Gasteiger partial charge in [-0.1, -0.05) is 17.5 Å². The van der Waals surface area contributed by atoms with E-state index in [4.69, 9.17) is 11.6 Å². The Balaban J connectivity index is 1.81. The monoisotopic (exact) mass is 322 g/mol. The molecule has 0 aliphatic rings. The average molecular weight is 323 g/mol. The van der Waals surface area contributed by atoms with Crippen molar-refractivity contribution in [1.29, 1.82) is 0 Å². The molecule has 0 atom stereocenters. The van der Waals surface area contributed by atoms with Crippen LogP contribution in [0.2, 0.25) is 5.15 Å². The lowest BCUT2D eigenvalue weighted by Gasteiger charge is -2.05. The van der Waals surface area contributed by atoms with E-state index in [2.05, 4.69) is 37.4 Å². The fourth-order valence-electron chi connectivity index (χ4n) is 2.24. The number of aromatic nitrogens is 4. The maximum atomic E-state index is 5.86. The lowest BCUT2D eigenvalue weighted by Crippen LogP contribution is -2.01. The first kappa shape index (κ1) is 15.3. The normalized spacial score (nSPS) is 10.2. The van der Waals surface area contributed by atoms with Gasteiger partial charge in [-0.05, 0) is 49.6 Å². The summed E-state index contributed by atoms with van der Waals surface area (Å²) in [7, 11) is 0. The van der Waals surface area contributed by atoms with Crippen molar-refractivity contribution in [1.82, 2.24) is 19.5 Å². The quantitative estimate of drug-likeness (QED) is 0.536. The first-order chi connectivity index (χ1) is 11.1. The molecular weight excluding hydrogens is 308 g/mol. The predicted octanol–water partition coefficient (Wildman–Crippen LogP) is 3.39. The van der Waals surface area contributed by atoms with E-state index in [1.807, 2.05) is 38.4 Å². The van der Waals surface area contributed by atoms with E-state index >= 15 is 0 Å². The second-order valence-electron chi connectivity index (χ2n) is 5.22. The molecule has 0 N–H and O–H groups in total. The molecule has 0 spiro atoms. The molecule has 0 radical (unpaired) electrons. The molecule has 0 bridgehead atoms. The molecule has 3 aromatic rings. The minimum absolute atomic E-state index is 0.437. The number of nitrogens with zero attached hydrogens (tertiary/aromatic N) is 4. The zero-order valence-corrected chi connectivity index (χ0v) is 13.7. The summed E-state index contributed by atoms with van der Waals surface area (Å²) in [4.78, 5) is 12.6. The zero-order valence-electron chi connectivity index (χ0n) is 12.9. The summed E-state index contributed by atoms with van der Waals surface area (Å²) in [6.07, 6.45) is 5.42. The summed E-state index contributed by atoms with van der Waals surface area (Å²) in [6, 6.07) is 7.64. The summed E-state index contributed by atoms with van der Waals surface area (Å²) >= 11 is 5.86. The highest BCUT2D eigenvalue weighted by Gasteiger charge is 2.03. The van der Waals surface area contributed by atoms with Crippen molar-refractivity contribution < 1.29 is 0 Å². The van der Waals surface area contributed by atoms with Crippen LogP contribution in [0, 0.1) is 25.7 Å². The Hall–Kier alpha value is -2.64. The van der Waals surface area contributed by atoms with E-state index in [1.54, 1.807) is 12.3 Å². The largest absolute Gasteiger partial charge is 0.329 e. The number of imidazole rings is 1. The number of pyridine rings is 2. The molecular formula is C18H15ClN4. The van der Waals surface area contributed by atoms with Gasteiger partial charge in [0, 0.05) is 36.4 Å². The highest BCUT2D eigenvalue weighted by atomic mass is 35.5. The molecule has 0 aliphatic heterocycles. The van der Waals surface area contributed by atoms with Gasteiger partial charge in [0.2, 0.25) is 0 Å². The summed E-state index contributed by atoms with van der Waals surface area (Å²) in [6.45, 7) is 4.72. The van der Waals surface area contributed by atoms with Crippen LogP contribution in [0.5, 0.6) is 0 Å². The summed E-state index contributed by atoms with van der Waals surface area (Å²) < 4.78 is 2.08. The molecule has 114 valence electrons. The summed E-state index contributed by atoms with van der Waals surface area (Å²) in [5.74, 6) is 7.05. The number of hydrogen-bond acceptors (Lipinski definition) is 3. The molecule has 3 heterocycles. The van der Waals surface area contributed by atoms with Crippen molar-refractivity contribution >= 4 is 11.6 Å². The molecule has 0 aromatic carbocycles. The van der Waals surface area contributed by atoms with Crippen LogP contribution in [0.4, 0.5) is 0 Å². The van der Waals surface area contributed by atoms with Crippen LogP contribution in [-0.4, -0.2) is 19.5 Å². The third kappa shape index (κ3) is 3.97. The van der Waals surface area contributed by atoms with Gasteiger partial charge in [-0.25, -0.2) is 9.97 Å². The van der Waals surface area contributed by atoms with Crippen molar-refractivity contribution in [2.45, 2.75) is 20.4 Å². The number of aryl methyl sites for hydroxylation is 2. The van der Waals surface area contributed by atoms with Gasteiger partial charge in [-0.15, -0.1) is 0 Å². The zero-order chi connectivity index (χ0) is 16.2. The standard InChI is InChI=1S/C18H15ClN4/c1-13-9-16(6-7-20-13)11-23-12-17(22-14(23)2)4-3-15-5-8-21-18(19)10-15/h5-10,12H,11H2,1-2H3. The van der Waals surface area contributed by atoms with Crippen molar-refractivity contribution in [2.24, 2.45) is 0 Å². The third-order valence-corrected chi connectivity index (χ3v) is 3.56. The lowest BCUT2D eigenvalue weighted by atomic mass is 10.2. The number of hydrogen-bond donors (Lipinski definition) is 0. The van der Waals surface area contributed by atoms with Gasteiger partial charge >= 0.3 is 0 Å². The van der Waals surface area contributed by atoms with Crippen molar-refractivity contribution in [3.8, 4) is 11.8 Å². The fraction of sp³-hybridized carbons (Fsp3) is 0.167. The highest BCUT2D eigenvalue weighted by Crippen LogP contribution is 2.09. The Morgan fingerprint density at radius 3 is 2.70 bits per heavy atom. The van der Waals surface area contributed by atoms with Crippen LogP contribution in [0.1, 0.15) is 28.3 Å². The van der Waals surface area contributed by atoms with Crippen molar-refractivity contribution in [2.75, 3.05) is 0 Å². The molecule has 0 saturated heterocycles. The summed E-state index contributed by atoms with van der Waals surface area (Å²) in [5, 5.41) is 0.437. The van der Waals surface area contributed by atoms with E-state index in [0.29, 0.717) is 5.15 Å². The molecule has 23 heavy (non-hydrogen) atoms. The van der Waals surface area contributed by atoms with E-state index in [1.165, 1.54) is 5.56 Å². The van der Waals surface area contributed by atoms with Gasteiger partial charge in [0.05, 0.1) is 0 Å². The van der Waals surface area contributed by atoms with Crippen LogP contribution in [0.15, 0.2) is 42.9 Å². The van der Waals surface area contributed by atoms with Crippen LogP contribution < -0.4 is 0 Å². The van der Waals surface area contributed by atoms with Gasteiger partial charge in [0.15, 0.2) is 0 Å². The topological polar surface area (TPSA) is 43.6 Å². The molecule has 0 fully saturated rings. The highest BCUT2D eigenvalue weighted by molar-refractivity contribution is 6.29. The minimum Gasteiger partial charge on any atom is -0.329 e. The van der Waals surface area contributed by atoms with Crippen LogP contribution in [0.3, 0.4) is 0 Å². The van der Waals surface area contributed by atoms with Gasteiger partial charge in [-0.2, -0.15) is 0 Å². The predicted molar refractivity (Wildman–Crippen MR) is 90.3 cm³/mol. The maximum Gasteiger partial charge on any atom is 0.131 e. The number of halogens is 1. The first-order valence-corrected chi connectivity index (χ1v) is 7.57. The first-order valence-electron chi connectivity index (χ1n) is 7.19. The van der Waals surface area contributed by atoms with E-state index in [0.717, 1.165) is 29.3 Å². The van der Waals surface area contributed by atoms with E-state index < -0.39 is 0 Å². The van der Waals surface area contributed by atoms with Crippen molar-refractivity contribution in [3.63, 3.8) is 0 Å². The second kappa shape index (κ2) is 6.64. The third-order valence-electron chi connectivity index (χ3n) is 3.35. The molecule has 5 heteroatoms. The van der Waals surface area contributed by atoms with Crippen LogP contribution in [-0.2, 0) is 6.54 Å². The second-order valence-corrected chi connectivity index (χ2v) is 5.61. The van der Waals surface area contributed by atoms with Gasteiger partial charge in [-0.3, -0.25) is 4.98 Å². The molecule has 3 aromatic heterocycles. The Morgan fingerprint density at radius 2 is 1.91 bits per heavy atom. The SMILES string of the molecule is Cc1cc(Cn2cc(C#Cc3ccnc(Cl)c3)nc2C)ccn1. The van der Waals surface area contributed by atoms with Gasteiger partial charge in [0.1, 0.15) is 16.7 Å². The van der Waals surface area contributed by atoms with Gasteiger partial charge in [0.25, 0.3) is 0 Å². The lowest BCUT2D eigenvalue weighted by molar-refractivity contribution is 0.759. The Bertz CT molecular complexity index is 903. The molecule has 0 unspecified atom stereocenters. The van der Waals surface area contributed by atoms with Crippen molar-refractivity contribution in [3.05, 3.63) is 76.3 Å². The fourth-order valence-corrected chi connectivity index (χ4v) is 2.42. The smallest absolute Gasteiger partial charge is 0.131 e. The van der Waals surface area contributed by atoms with E-state index in [-0.39, 0.29) is 0 Å². The summed E-state index contributed by atoms with van der Waals surface area (Å²) in [5.41, 5.74) is 3.76. The van der Waals surface area contributed by atoms with Crippen LogP contribution >= 0.6 is 11.6 Å². The Labute approximate surface area is 140 Å². The molecule has 4 nitrogen and oxygen atoms in total. The van der Waals surface area contributed by atoms with E-state index in [9.17, 15) is 0 Å². The minimum atomic E-state index is 0.437.